The second-order valence-electron chi connectivity index (χ2n) is 10.8. The van der Waals surface area contributed by atoms with Crippen molar-refractivity contribution in [2.75, 3.05) is 31.8 Å². The molecule has 4 aromatic heterocycles. The lowest BCUT2D eigenvalue weighted by Gasteiger charge is -2.27. The maximum absolute atomic E-state index is 13.8. The summed E-state index contributed by atoms with van der Waals surface area (Å²) >= 11 is 8.40. The lowest BCUT2D eigenvalue weighted by atomic mass is 10.1. The molecule has 6 N–H and O–H groups in total. The van der Waals surface area contributed by atoms with Gasteiger partial charge in [0.15, 0.2) is 28.9 Å². The molecule has 20 nitrogen and oxygen atoms in total. The molecule has 2 bridgehead atoms. The van der Waals surface area contributed by atoms with Crippen LogP contribution in [0.25, 0.3) is 22.3 Å². The van der Waals surface area contributed by atoms with E-state index in [-0.39, 0.29) is 36.0 Å². The number of ether oxygens (including phenoxy) is 2. The van der Waals surface area contributed by atoms with Crippen LogP contribution in [0.2, 0.25) is 0 Å². The van der Waals surface area contributed by atoms with E-state index in [1.807, 2.05) is 0 Å². The molecular formula is C22H28N10O10P2S2. The fourth-order valence-corrected chi connectivity index (χ4v) is 9.13. The van der Waals surface area contributed by atoms with Gasteiger partial charge in [-0.3, -0.25) is 27.9 Å². The van der Waals surface area contributed by atoms with Gasteiger partial charge in [0.05, 0.1) is 31.9 Å². The highest BCUT2D eigenvalue weighted by Gasteiger charge is 2.53. The zero-order valence-electron chi connectivity index (χ0n) is 23.7. The van der Waals surface area contributed by atoms with Gasteiger partial charge in [-0.05, 0) is 6.42 Å². The number of aliphatic hydroxyl groups excluding tert-OH is 1. The quantitative estimate of drug-likeness (QED) is 0.127. The Balaban J connectivity index is 1.22. The number of hydrogen-bond donors (Lipinski definition) is 6. The number of imidazole rings is 2. The highest BCUT2D eigenvalue weighted by molar-refractivity contribution is 8.44. The smallest absolute Gasteiger partial charge is 0.386 e. The van der Waals surface area contributed by atoms with Gasteiger partial charge in [0, 0.05) is 13.0 Å². The summed E-state index contributed by atoms with van der Waals surface area (Å²) in [6.45, 7) is -9.16. The summed E-state index contributed by atoms with van der Waals surface area (Å²) in [7, 11) is 1.35. The zero-order valence-corrected chi connectivity index (χ0v) is 27.2. The Labute approximate surface area is 268 Å². The third-order valence-electron chi connectivity index (χ3n) is 8.13. The molecule has 6 heterocycles. The molecule has 0 radical (unpaired) electrons. The van der Waals surface area contributed by atoms with Gasteiger partial charge in [-0.2, -0.15) is 4.98 Å². The summed E-state index contributed by atoms with van der Waals surface area (Å²) in [5.41, 5.74) is 11.8. The van der Waals surface area contributed by atoms with E-state index in [0.29, 0.717) is 11.2 Å². The number of nitrogens with zero attached hydrogens (tertiary/aromatic N) is 7. The minimum absolute atomic E-state index is 0.0432. The molecule has 24 heteroatoms. The van der Waals surface area contributed by atoms with E-state index < -0.39 is 74.5 Å². The molecule has 2 saturated heterocycles. The van der Waals surface area contributed by atoms with E-state index in [2.05, 4.69) is 54.4 Å². The Bertz CT molecular complexity index is 1960. The molecule has 10 atom stereocenters. The van der Waals surface area contributed by atoms with Gasteiger partial charge in [0.25, 0.3) is 5.56 Å². The maximum Gasteiger partial charge on any atom is 0.386 e. The van der Waals surface area contributed by atoms with Gasteiger partial charge in [0.2, 0.25) is 5.95 Å². The van der Waals surface area contributed by atoms with Gasteiger partial charge in [-0.25, -0.2) is 29.1 Å². The first kappa shape index (κ1) is 32.0. The van der Waals surface area contributed by atoms with Crippen LogP contribution in [-0.2, 0) is 36.7 Å². The largest absolute Gasteiger partial charge is 0.388 e. The number of rotatable bonds is 3. The summed E-state index contributed by atoms with van der Waals surface area (Å²) in [4.78, 5) is 35.5. The number of methoxy groups -OCH3 is 1. The first-order valence-electron chi connectivity index (χ1n) is 13.7. The van der Waals surface area contributed by atoms with Crippen LogP contribution in [-0.4, -0.2) is 95.0 Å². The second kappa shape index (κ2) is 11.8. The molecule has 2 aliphatic heterocycles. The van der Waals surface area contributed by atoms with Crippen LogP contribution in [0.4, 0.5) is 11.8 Å². The maximum atomic E-state index is 13.8. The van der Waals surface area contributed by atoms with Crippen LogP contribution in [0.15, 0.2) is 23.8 Å². The second-order valence-corrected chi connectivity index (χ2v) is 16.6. The standard InChI is InChI=1S/C22H28N10O10P2S2/c1-37-15-10-4-39-44(36,46)41-14-8(2-9(13(14)33)31-6-27-11-17(23)25-5-26-18(11)31)3-38-43(35,45)42-16(15)21(40-10)32-7-28-12-19(32)29-22(24)30-20(12)34/h5-10,13-16,21,33H,2-4H2,1H3,(H,35,45)(H,36,46)(H2,23,25,26)(H3,24,29,30,34)/t8-,9-,10-,13+,14-,15-,16-,21-,43+,44-/m1/s1. The fourth-order valence-electron chi connectivity index (χ4n) is 6.10. The topological polar surface area (TPSA) is 269 Å². The molecule has 1 aliphatic carbocycles. The molecule has 4 aromatic rings. The van der Waals surface area contributed by atoms with Crippen molar-refractivity contribution in [1.29, 1.82) is 0 Å². The molecule has 248 valence electrons. The molecule has 1 saturated carbocycles. The molecule has 0 amide bonds. The minimum Gasteiger partial charge on any atom is -0.388 e. The van der Waals surface area contributed by atoms with Crippen molar-refractivity contribution >= 4 is 72.2 Å². The van der Waals surface area contributed by atoms with E-state index in [4.69, 9.17) is 39.0 Å². The minimum atomic E-state index is -4.23. The van der Waals surface area contributed by atoms with Crippen molar-refractivity contribution in [3.05, 3.63) is 29.3 Å². The van der Waals surface area contributed by atoms with Gasteiger partial charge in [-0.1, -0.05) is 24.5 Å². The van der Waals surface area contributed by atoms with Crippen molar-refractivity contribution in [1.82, 2.24) is 39.0 Å². The van der Waals surface area contributed by atoms with Crippen molar-refractivity contribution in [2.24, 2.45) is 5.92 Å². The molecular weight excluding hydrogens is 690 g/mol. The summed E-state index contributed by atoms with van der Waals surface area (Å²) in [5.74, 6) is -0.744. The number of anilines is 2. The van der Waals surface area contributed by atoms with E-state index in [1.54, 1.807) is 4.57 Å². The first-order valence-corrected chi connectivity index (χ1v) is 19.1. The van der Waals surface area contributed by atoms with Crippen LogP contribution in [0, 0.1) is 5.92 Å². The van der Waals surface area contributed by atoms with E-state index in [0.717, 1.165) is 0 Å². The van der Waals surface area contributed by atoms with Crippen LogP contribution in [0.1, 0.15) is 18.7 Å². The number of aromatic nitrogens is 8. The Morgan fingerprint density at radius 1 is 1.00 bits per heavy atom. The summed E-state index contributed by atoms with van der Waals surface area (Å²) < 4.78 is 65.3. The van der Waals surface area contributed by atoms with Gasteiger partial charge in [0.1, 0.15) is 42.4 Å². The highest BCUT2D eigenvalue weighted by Crippen LogP contribution is 2.61. The number of aromatic amines is 1. The number of nitrogen functional groups attached to an aromatic ring is 2. The lowest BCUT2D eigenvalue weighted by molar-refractivity contribution is -0.0543. The van der Waals surface area contributed by atoms with Crippen molar-refractivity contribution in [2.45, 2.75) is 49.2 Å². The van der Waals surface area contributed by atoms with Crippen LogP contribution >= 0.6 is 38.1 Å². The Hall–Kier alpha value is -2.62. The average Bonchev–Trinajstić information content (AvgIpc) is 3.75. The zero-order chi connectivity index (χ0) is 32.5. The average molecular weight is 719 g/mol. The molecule has 3 aliphatic rings. The predicted molar refractivity (Wildman–Crippen MR) is 165 cm³/mol. The van der Waals surface area contributed by atoms with Gasteiger partial charge in [-0.15, -0.1) is 0 Å². The molecule has 7 rings (SSSR count). The highest BCUT2D eigenvalue weighted by atomic mass is 32.7. The Kier molecular flexibility index (Phi) is 8.21. The summed E-state index contributed by atoms with van der Waals surface area (Å²) in [6.07, 6.45) is -2.71. The van der Waals surface area contributed by atoms with E-state index in [1.165, 1.54) is 30.7 Å². The monoisotopic (exact) mass is 718 g/mol. The number of thiol groups is 2. The molecule has 3 fully saturated rings. The van der Waals surface area contributed by atoms with Gasteiger partial charge < -0.3 is 35.1 Å². The number of H-pyrrole nitrogens is 1. The van der Waals surface area contributed by atoms with Crippen molar-refractivity contribution in [3.63, 3.8) is 0 Å². The lowest BCUT2D eigenvalue weighted by Crippen LogP contribution is -2.37. The number of aliphatic hydroxyl groups is 1. The predicted octanol–water partition coefficient (Wildman–Crippen LogP) is 0.851. The van der Waals surface area contributed by atoms with Crippen LogP contribution < -0.4 is 17.0 Å². The normalized spacial score (nSPS) is 37.1. The number of nitrogens with two attached hydrogens (primary N) is 2. The summed E-state index contributed by atoms with van der Waals surface area (Å²) in [5, 5.41) is 11.4. The fraction of sp³-hybridized carbons (Fsp3) is 0.545. The molecule has 0 unspecified atom stereocenters. The van der Waals surface area contributed by atoms with Gasteiger partial charge >= 0.3 is 13.6 Å². The number of nitrogens with one attached hydrogen (secondary N) is 1. The van der Waals surface area contributed by atoms with E-state index >= 15 is 0 Å². The van der Waals surface area contributed by atoms with Crippen LogP contribution in [0.5, 0.6) is 0 Å². The third-order valence-corrected chi connectivity index (χ3v) is 11.4. The number of hydrogen-bond acceptors (Lipinski definition) is 17. The van der Waals surface area contributed by atoms with Crippen molar-refractivity contribution < 1.29 is 41.8 Å². The Morgan fingerprint density at radius 3 is 2.46 bits per heavy atom. The summed E-state index contributed by atoms with van der Waals surface area (Å²) in [6, 6.07) is -0.710. The SMILES string of the molecule is CO[C@H]1[C@H]2O[P@@](=O)(S)OC[C@H]3C[C@@H](n4cnc5c(N)ncnc54)[C@H](O)[C@@H]3O[P@](=O)(S)OC[C@H]1O[C@H]2n1cnc2c(=O)[nH]c(N)nc21. The molecule has 46 heavy (non-hydrogen) atoms. The third kappa shape index (κ3) is 5.64. The molecule has 0 spiro atoms. The van der Waals surface area contributed by atoms with Crippen LogP contribution in [0.3, 0.4) is 0 Å². The molecule has 0 aromatic carbocycles. The van der Waals surface area contributed by atoms with E-state index in [9.17, 15) is 19.0 Å². The first-order chi connectivity index (χ1) is 21.9. The Morgan fingerprint density at radius 2 is 1.70 bits per heavy atom. The van der Waals surface area contributed by atoms with Crippen molar-refractivity contribution in [3.8, 4) is 0 Å². The number of fused-ring (bicyclic) bond motifs is 5.